The summed E-state index contributed by atoms with van der Waals surface area (Å²) in [6.07, 6.45) is 5.09. The molecule has 2 rings (SSSR count). The van der Waals surface area contributed by atoms with Gasteiger partial charge in [0.15, 0.2) is 10.2 Å². The van der Waals surface area contributed by atoms with Crippen LogP contribution in [0.15, 0.2) is 10.2 Å². The molecule has 0 spiro atoms. The summed E-state index contributed by atoms with van der Waals surface area (Å²) in [5, 5.41) is 9.05. The fraction of sp³-hybridized carbons (Fsp3) is 0.636. The van der Waals surface area contributed by atoms with Crippen molar-refractivity contribution < 1.29 is 0 Å². The number of nitrogens with one attached hydrogen (secondary N) is 2. The molecule has 6 nitrogen and oxygen atoms in total. The van der Waals surface area contributed by atoms with Gasteiger partial charge < -0.3 is 11.5 Å². The lowest BCUT2D eigenvalue weighted by Crippen LogP contribution is -2.38. The van der Waals surface area contributed by atoms with Crippen LogP contribution < -0.4 is 22.3 Å². The van der Waals surface area contributed by atoms with E-state index in [0.717, 1.165) is 32.1 Å². The zero-order chi connectivity index (χ0) is 13.8. The fourth-order valence-electron chi connectivity index (χ4n) is 2.79. The minimum absolute atomic E-state index is 0.216. The Morgan fingerprint density at radius 3 is 1.74 bits per heavy atom. The van der Waals surface area contributed by atoms with Crippen molar-refractivity contribution in [3.05, 3.63) is 0 Å². The summed E-state index contributed by atoms with van der Waals surface area (Å²) in [6, 6.07) is 0. The third-order valence-electron chi connectivity index (χ3n) is 3.63. The highest BCUT2D eigenvalue weighted by Gasteiger charge is 2.34. The molecule has 2 aliphatic rings. The van der Waals surface area contributed by atoms with Crippen LogP contribution >= 0.6 is 24.4 Å². The van der Waals surface area contributed by atoms with Gasteiger partial charge in [-0.3, -0.25) is 10.9 Å². The highest BCUT2D eigenvalue weighted by molar-refractivity contribution is 7.80. The first-order valence-corrected chi connectivity index (χ1v) is 7.11. The monoisotopic (exact) mass is 298 g/mol. The van der Waals surface area contributed by atoms with Gasteiger partial charge in [-0.05, 0) is 56.5 Å². The van der Waals surface area contributed by atoms with Crippen molar-refractivity contribution in [1.82, 2.24) is 10.9 Å². The Morgan fingerprint density at radius 1 is 0.947 bits per heavy atom. The Balaban J connectivity index is 1.98. The molecule has 104 valence electrons. The van der Waals surface area contributed by atoms with Crippen LogP contribution in [0, 0.1) is 11.8 Å². The maximum absolute atomic E-state index is 5.39. The molecule has 6 N–H and O–H groups in total. The molecule has 0 aromatic heterocycles. The minimum Gasteiger partial charge on any atom is -0.375 e. The molecule has 0 amide bonds. The van der Waals surface area contributed by atoms with Crippen molar-refractivity contribution in [1.29, 1.82) is 0 Å². The number of nitrogens with two attached hydrogens (primary N) is 2. The number of hydrazone groups is 2. The van der Waals surface area contributed by atoms with Gasteiger partial charge >= 0.3 is 0 Å². The lowest BCUT2D eigenvalue weighted by atomic mass is 9.70. The fourth-order valence-corrected chi connectivity index (χ4v) is 2.88. The molecule has 0 unspecified atom stereocenters. The molecule has 2 bridgehead atoms. The molecule has 0 aromatic carbocycles. The van der Waals surface area contributed by atoms with E-state index in [9.17, 15) is 0 Å². The van der Waals surface area contributed by atoms with Crippen molar-refractivity contribution >= 4 is 46.1 Å². The normalized spacial score (nSPS) is 30.1. The second kappa shape index (κ2) is 6.25. The predicted octanol–water partition coefficient (Wildman–Crippen LogP) is 0.575. The van der Waals surface area contributed by atoms with Crippen LogP contribution in [-0.4, -0.2) is 21.6 Å². The molecule has 0 radical (unpaired) electrons. The molecule has 2 atom stereocenters. The maximum Gasteiger partial charge on any atom is 0.184 e. The first kappa shape index (κ1) is 14.1. The SMILES string of the molecule is NC(=S)N/N=C1/CC[C@H]2C[C@H]1CC/C2=N\NC(N)=S. The van der Waals surface area contributed by atoms with Gasteiger partial charge in [0.05, 0.1) is 0 Å². The zero-order valence-corrected chi connectivity index (χ0v) is 12.2. The van der Waals surface area contributed by atoms with Gasteiger partial charge in [-0.15, -0.1) is 0 Å². The van der Waals surface area contributed by atoms with E-state index in [-0.39, 0.29) is 10.2 Å². The first-order valence-electron chi connectivity index (χ1n) is 6.30. The minimum atomic E-state index is 0.216. The van der Waals surface area contributed by atoms with E-state index < -0.39 is 0 Å². The molecule has 0 aliphatic heterocycles. The van der Waals surface area contributed by atoms with Gasteiger partial charge in [-0.1, -0.05) is 0 Å². The lowest BCUT2D eigenvalue weighted by Gasteiger charge is -2.36. The summed E-state index contributed by atoms with van der Waals surface area (Å²) in [5.74, 6) is 1.01. The largest absolute Gasteiger partial charge is 0.375 e. The van der Waals surface area contributed by atoms with Crippen LogP contribution in [0.1, 0.15) is 32.1 Å². The Labute approximate surface area is 123 Å². The number of thiocarbonyl (C=S) groups is 2. The van der Waals surface area contributed by atoms with E-state index in [1.165, 1.54) is 11.4 Å². The van der Waals surface area contributed by atoms with E-state index in [2.05, 4.69) is 21.1 Å². The Morgan fingerprint density at radius 2 is 1.37 bits per heavy atom. The molecule has 0 saturated heterocycles. The number of fused-ring (bicyclic) bond motifs is 2. The molecule has 8 heteroatoms. The molecule has 2 aliphatic carbocycles. The van der Waals surface area contributed by atoms with E-state index in [4.69, 9.17) is 35.9 Å². The molecular weight excluding hydrogens is 280 g/mol. The summed E-state index contributed by atoms with van der Waals surface area (Å²) in [4.78, 5) is 0. The van der Waals surface area contributed by atoms with Crippen LogP contribution in [0.2, 0.25) is 0 Å². The van der Waals surface area contributed by atoms with Gasteiger partial charge in [0.2, 0.25) is 0 Å². The van der Waals surface area contributed by atoms with Crippen molar-refractivity contribution in [2.45, 2.75) is 32.1 Å². The third kappa shape index (κ3) is 3.84. The van der Waals surface area contributed by atoms with E-state index in [1.54, 1.807) is 0 Å². The smallest absolute Gasteiger partial charge is 0.184 e. The Kier molecular flexibility index (Phi) is 4.65. The van der Waals surface area contributed by atoms with Crippen LogP contribution in [-0.2, 0) is 0 Å². The maximum atomic E-state index is 5.39. The van der Waals surface area contributed by atoms with Crippen molar-refractivity contribution in [3.8, 4) is 0 Å². The number of hydrogen-bond donors (Lipinski definition) is 4. The van der Waals surface area contributed by atoms with Crippen molar-refractivity contribution in [3.63, 3.8) is 0 Å². The standard InChI is InChI=1S/C11H18N6S2/c12-10(18)16-14-8-3-1-6-5-7(8)2-4-9(6)15-17-11(13)19/h6-7H,1-5H2,(H3,12,16,18)(H3,13,17,19)/b14-8-,15-9+/t6-,7+/m0/s1. The van der Waals surface area contributed by atoms with Crippen LogP contribution in [0.25, 0.3) is 0 Å². The number of hydrogen-bond acceptors (Lipinski definition) is 4. The Hall–Kier alpha value is -1.28. The molecule has 2 fully saturated rings. The average Bonchev–Trinajstić information content (AvgIpc) is 2.36. The first-order chi connectivity index (χ1) is 9.06. The van der Waals surface area contributed by atoms with Gasteiger partial charge in [0.25, 0.3) is 0 Å². The molecule has 19 heavy (non-hydrogen) atoms. The Bertz CT molecular complexity index is 404. The molecule has 0 aromatic rings. The predicted molar refractivity (Wildman–Crippen MR) is 84.8 cm³/mol. The van der Waals surface area contributed by atoms with Gasteiger partial charge in [-0.25, -0.2) is 0 Å². The van der Waals surface area contributed by atoms with Crippen molar-refractivity contribution in [2.75, 3.05) is 0 Å². The summed E-state index contributed by atoms with van der Waals surface area (Å²) >= 11 is 9.52. The zero-order valence-electron chi connectivity index (χ0n) is 10.6. The summed E-state index contributed by atoms with van der Waals surface area (Å²) in [6.45, 7) is 0. The average molecular weight is 298 g/mol. The molecule has 0 heterocycles. The van der Waals surface area contributed by atoms with Crippen molar-refractivity contribution in [2.24, 2.45) is 33.5 Å². The second-order valence-corrected chi connectivity index (χ2v) is 5.74. The van der Waals surface area contributed by atoms with E-state index in [0.29, 0.717) is 11.8 Å². The van der Waals surface area contributed by atoms with E-state index in [1.807, 2.05) is 0 Å². The number of nitrogens with zero attached hydrogens (tertiary/aromatic N) is 2. The lowest BCUT2D eigenvalue weighted by molar-refractivity contribution is 0.404. The molecular formula is C11H18N6S2. The second-order valence-electron chi connectivity index (χ2n) is 4.87. The summed E-state index contributed by atoms with van der Waals surface area (Å²) in [7, 11) is 0. The quantitative estimate of drug-likeness (QED) is 0.439. The number of rotatable bonds is 2. The van der Waals surface area contributed by atoms with Crippen LogP contribution in [0.4, 0.5) is 0 Å². The van der Waals surface area contributed by atoms with Crippen LogP contribution in [0.5, 0.6) is 0 Å². The van der Waals surface area contributed by atoms with Crippen LogP contribution in [0.3, 0.4) is 0 Å². The molecule has 2 saturated carbocycles. The topological polar surface area (TPSA) is 101 Å². The highest BCUT2D eigenvalue weighted by Crippen LogP contribution is 2.36. The highest BCUT2D eigenvalue weighted by atomic mass is 32.1. The third-order valence-corrected chi connectivity index (χ3v) is 3.81. The van der Waals surface area contributed by atoms with E-state index >= 15 is 0 Å². The summed E-state index contributed by atoms with van der Waals surface area (Å²) in [5.41, 5.74) is 18.5. The summed E-state index contributed by atoms with van der Waals surface area (Å²) < 4.78 is 0. The van der Waals surface area contributed by atoms with Gasteiger partial charge in [-0.2, -0.15) is 10.2 Å². The van der Waals surface area contributed by atoms with Gasteiger partial charge in [0.1, 0.15) is 0 Å². The van der Waals surface area contributed by atoms with Gasteiger partial charge in [0, 0.05) is 23.3 Å².